The molecule has 1 aliphatic heterocycles. The van der Waals surface area contributed by atoms with E-state index in [1.807, 2.05) is 53.4 Å². The molecule has 0 bridgehead atoms. The average molecular weight is 222 g/mol. The van der Waals surface area contributed by atoms with Gasteiger partial charge in [0.25, 0.3) is 5.91 Å². The summed E-state index contributed by atoms with van der Waals surface area (Å²) in [7, 11) is 0. The molecule has 17 heavy (non-hydrogen) atoms. The number of rotatable bonds is 2. The van der Waals surface area contributed by atoms with E-state index in [9.17, 15) is 4.79 Å². The van der Waals surface area contributed by atoms with Gasteiger partial charge in [0.15, 0.2) is 0 Å². The van der Waals surface area contributed by atoms with Gasteiger partial charge in [-0.15, -0.1) is 0 Å². The highest BCUT2D eigenvalue weighted by atomic mass is 16.2. The molecule has 2 heteroatoms. The summed E-state index contributed by atoms with van der Waals surface area (Å²) in [5.74, 6) is 0.133. The molecule has 1 radical (unpaired) electrons. The maximum atomic E-state index is 12.1. The van der Waals surface area contributed by atoms with Crippen LogP contribution in [0.2, 0.25) is 0 Å². The van der Waals surface area contributed by atoms with E-state index in [0.717, 1.165) is 16.7 Å². The topological polar surface area (TPSA) is 20.3 Å². The molecule has 0 saturated carbocycles. The highest BCUT2D eigenvalue weighted by molar-refractivity contribution is 5.98. The van der Waals surface area contributed by atoms with Crippen LogP contribution < -0.4 is 0 Å². The first-order valence-electron chi connectivity index (χ1n) is 5.67. The first-order valence-corrected chi connectivity index (χ1v) is 5.67. The van der Waals surface area contributed by atoms with E-state index in [0.29, 0.717) is 13.1 Å². The third-order valence-electron chi connectivity index (χ3n) is 3.06. The Labute approximate surface area is 100 Å². The van der Waals surface area contributed by atoms with Crippen molar-refractivity contribution in [2.75, 3.05) is 0 Å². The number of nitrogens with zero attached hydrogens (tertiary/aromatic N) is 1. The van der Waals surface area contributed by atoms with Gasteiger partial charge in [-0.1, -0.05) is 42.5 Å². The lowest BCUT2D eigenvalue weighted by atomic mass is 10.1. The summed E-state index contributed by atoms with van der Waals surface area (Å²) in [5, 5.41) is 0. The van der Waals surface area contributed by atoms with Crippen LogP contribution in [0.15, 0.2) is 48.5 Å². The van der Waals surface area contributed by atoms with Crippen LogP contribution in [0.3, 0.4) is 0 Å². The number of fused-ring (bicyclic) bond motifs is 1. The Morgan fingerprint density at radius 3 is 2.65 bits per heavy atom. The summed E-state index contributed by atoms with van der Waals surface area (Å²) in [5.41, 5.74) is 3.11. The van der Waals surface area contributed by atoms with Crippen LogP contribution >= 0.6 is 0 Å². The summed E-state index contributed by atoms with van der Waals surface area (Å²) < 4.78 is 0. The lowest BCUT2D eigenvalue weighted by molar-refractivity contribution is 0.0766. The largest absolute Gasteiger partial charge is 0.330 e. The third-order valence-corrected chi connectivity index (χ3v) is 3.06. The Morgan fingerprint density at radius 2 is 1.88 bits per heavy atom. The number of hydrogen-bond acceptors (Lipinski definition) is 1. The maximum absolute atomic E-state index is 12.1. The molecule has 0 aliphatic carbocycles. The number of carbonyl (C=O) groups is 1. The Kier molecular flexibility index (Phi) is 2.41. The van der Waals surface area contributed by atoms with Crippen LogP contribution in [-0.2, 0) is 13.1 Å². The fraction of sp³-hybridized carbons (Fsp3) is 0.133. The van der Waals surface area contributed by atoms with Crippen molar-refractivity contribution in [1.29, 1.82) is 0 Å². The highest BCUT2D eigenvalue weighted by Crippen LogP contribution is 2.23. The molecule has 0 atom stereocenters. The van der Waals surface area contributed by atoms with Crippen molar-refractivity contribution >= 4 is 5.91 Å². The van der Waals surface area contributed by atoms with E-state index in [4.69, 9.17) is 0 Å². The lowest BCUT2D eigenvalue weighted by Crippen LogP contribution is -2.23. The van der Waals surface area contributed by atoms with Gasteiger partial charge in [-0.3, -0.25) is 4.79 Å². The van der Waals surface area contributed by atoms with E-state index in [1.165, 1.54) is 0 Å². The Balaban J connectivity index is 1.83. The van der Waals surface area contributed by atoms with Gasteiger partial charge < -0.3 is 4.90 Å². The quantitative estimate of drug-likeness (QED) is 0.765. The SMILES string of the molecule is O=C1c2ccccc2CN1Cc1cc[c]cc1. The maximum Gasteiger partial charge on any atom is 0.254 e. The average Bonchev–Trinajstić information content (AvgIpc) is 2.68. The number of amides is 1. The van der Waals surface area contributed by atoms with Crippen LogP contribution in [0.25, 0.3) is 0 Å². The zero-order valence-electron chi connectivity index (χ0n) is 9.39. The second-order valence-electron chi connectivity index (χ2n) is 4.23. The van der Waals surface area contributed by atoms with Gasteiger partial charge >= 0.3 is 0 Å². The summed E-state index contributed by atoms with van der Waals surface area (Å²) in [6.07, 6.45) is 0. The van der Waals surface area contributed by atoms with Crippen LogP contribution in [0.4, 0.5) is 0 Å². The van der Waals surface area contributed by atoms with E-state index < -0.39 is 0 Å². The molecule has 0 fully saturated rings. The van der Waals surface area contributed by atoms with E-state index >= 15 is 0 Å². The predicted molar refractivity (Wildman–Crippen MR) is 65.3 cm³/mol. The molecule has 0 spiro atoms. The predicted octanol–water partition coefficient (Wildman–Crippen LogP) is 2.64. The minimum atomic E-state index is 0.133. The molecule has 0 unspecified atom stereocenters. The molecule has 2 nitrogen and oxygen atoms in total. The van der Waals surface area contributed by atoms with Crippen molar-refractivity contribution in [3.63, 3.8) is 0 Å². The summed E-state index contributed by atoms with van der Waals surface area (Å²) in [6.45, 7) is 1.38. The van der Waals surface area contributed by atoms with E-state index in [-0.39, 0.29) is 5.91 Å². The first kappa shape index (κ1) is 10.1. The molecule has 1 aliphatic rings. The minimum absolute atomic E-state index is 0.133. The van der Waals surface area contributed by atoms with Gasteiger partial charge in [0, 0.05) is 18.7 Å². The van der Waals surface area contributed by atoms with Crippen molar-refractivity contribution in [2.24, 2.45) is 0 Å². The molecule has 0 saturated heterocycles. The molecule has 1 heterocycles. The Hall–Kier alpha value is -2.09. The number of carbonyl (C=O) groups excluding carboxylic acids is 1. The molecule has 2 aromatic carbocycles. The molecule has 83 valence electrons. The van der Waals surface area contributed by atoms with Gasteiger partial charge in [-0.25, -0.2) is 0 Å². The molecule has 0 N–H and O–H groups in total. The smallest absolute Gasteiger partial charge is 0.254 e. The Bertz CT molecular complexity index is 548. The second-order valence-corrected chi connectivity index (χ2v) is 4.23. The van der Waals surface area contributed by atoms with Crippen molar-refractivity contribution in [3.05, 3.63) is 71.3 Å². The van der Waals surface area contributed by atoms with Gasteiger partial charge in [0.1, 0.15) is 0 Å². The number of benzene rings is 2. The van der Waals surface area contributed by atoms with Crippen molar-refractivity contribution < 1.29 is 4.79 Å². The van der Waals surface area contributed by atoms with Crippen molar-refractivity contribution in [2.45, 2.75) is 13.1 Å². The fourth-order valence-electron chi connectivity index (χ4n) is 2.19. The van der Waals surface area contributed by atoms with E-state index in [1.54, 1.807) is 0 Å². The van der Waals surface area contributed by atoms with Crippen LogP contribution in [0.5, 0.6) is 0 Å². The van der Waals surface area contributed by atoms with E-state index in [2.05, 4.69) is 6.07 Å². The van der Waals surface area contributed by atoms with Gasteiger partial charge in [-0.05, 0) is 23.3 Å². The van der Waals surface area contributed by atoms with Gasteiger partial charge in [-0.2, -0.15) is 0 Å². The fourth-order valence-corrected chi connectivity index (χ4v) is 2.19. The monoisotopic (exact) mass is 222 g/mol. The minimum Gasteiger partial charge on any atom is -0.330 e. The van der Waals surface area contributed by atoms with Gasteiger partial charge in [0.2, 0.25) is 0 Å². The Morgan fingerprint density at radius 1 is 1.12 bits per heavy atom. The standard InChI is InChI=1S/C15H12NO/c17-15-14-9-5-4-8-13(14)11-16(15)10-12-6-2-1-3-7-12/h2-9H,10-11H2. The molecular formula is C15H12NO. The normalized spacial score (nSPS) is 13.9. The third kappa shape index (κ3) is 1.82. The zero-order chi connectivity index (χ0) is 11.7. The summed E-state index contributed by atoms with van der Waals surface area (Å²) in [4.78, 5) is 14.0. The second kappa shape index (κ2) is 4.06. The van der Waals surface area contributed by atoms with Crippen LogP contribution in [0.1, 0.15) is 21.5 Å². The van der Waals surface area contributed by atoms with Crippen molar-refractivity contribution in [3.8, 4) is 0 Å². The number of hydrogen-bond donors (Lipinski definition) is 0. The van der Waals surface area contributed by atoms with Crippen molar-refractivity contribution in [1.82, 2.24) is 4.90 Å². The highest BCUT2D eigenvalue weighted by Gasteiger charge is 2.26. The summed E-state index contributed by atoms with van der Waals surface area (Å²) in [6, 6.07) is 18.5. The molecule has 0 aromatic heterocycles. The lowest BCUT2D eigenvalue weighted by Gasteiger charge is -2.15. The first-order chi connectivity index (χ1) is 8.34. The zero-order valence-corrected chi connectivity index (χ0v) is 9.39. The molecule has 3 rings (SSSR count). The molecule has 2 aromatic rings. The molecular weight excluding hydrogens is 210 g/mol. The molecule has 1 amide bonds. The van der Waals surface area contributed by atoms with Gasteiger partial charge in [0.05, 0.1) is 0 Å². The van der Waals surface area contributed by atoms with Crippen LogP contribution in [0, 0.1) is 6.07 Å². The summed E-state index contributed by atoms with van der Waals surface area (Å²) >= 11 is 0. The van der Waals surface area contributed by atoms with Crippen LogP contribution in [-0.4, -0.2) is 10.8 Å².